The number of nitrogens with one attached hydrogen (secondary N) is 2. The number of carbonyl (C=O) groups excluding carboxylic acids is 1. The molecule has 0 aliphatic carbocycles. The molecule has 2 aromatic rings. The van der Waals surface area contributed by atoms with Gasteiger partial charge < -0.3 is 24.2 Å². The number of rotatable bonds is 10. The summed E-state index contributed by atoms with van der Waals surface area (Å²) in [7, 11) is -3.35. The molecule has 4 N–H and O–H groups in total. The lowest BCUT2D eigenvalue weighted by Gasteiger charge is -2.29. The molecule has 194 valence electrons. The minimum absolute atomic E-state index is 0.0776. The molecule has 17 heteroatoms. The summed E-state index contributed by atoms with van der Waals surface area (Å²) >= 11 is 0. The maximum absolute atomic E-state index is 13.6. The maximum atomic E-state index is 13.6. The molecule has 1 aromatic carbocycles. The van der Waals surface area contributed by atoms with Gasteiger partial charge in [-0.05, 0) is 24.6 Å². The van der Waals surface area contributed by atoms with E-state index in [4.69, 9.17) is 19.3 Å². The summed E-state index contributed by atoms with van der Waals surface area (Å²) in [4.78, 5) is 40.0. The number of methoxy groups -OCH3 is 1. The van der Waals surface area contributed by atoms with Gasteiger partial charge in [-0.1, -0.05) is 23.3 Å². The molecule has 1 fully saturated rings. The Balaban J connectivity index is 1.92. The molecule has 0 bridgehead atoms. The Morgan fingerprint density at radius 1 is 1.36 bits per heavy atom. The molecular formula is C19H23N6O10P. The Kier molecular flexibility index (Phi) is 8.32. The van der Waals surface area contributed by atoms with Crippen molar-refractivity contribution < 1.29 is 38.1 Å². The van der Waals surface area contributed by atoms with Crippen molar-refractivity contribution in [3.63, 3.8) is 0 Å². The second-order valence-electron chi connectivity index (χ2n) is 7.54. The average molecular weight is 526 g/mol. The van der Waals surface area contributed by atoms with Crippen molar-refractivity contribution in [2.24, 2.45) is 5.11 Å². The molecule has 0 saturated carbocycles. The van der Waals surface area contributed by atoms with Crippen LogP contribution in [-0.4, -0.2) is 63.4 Å². The summed E-state index contributed by atoms with van der Waals surface area (Å²) in [5, 5.41) is 27.0. The summed E-state index contributed by atoms with van der Waals surface area (Å²) in [6, 6.07) is 7.51. The van der Waals surface area contributed by atoms with Crippen molar-refractivity contribution in [2.45, 2.75) is 37.1 Å². The number of aromatic amines is 1. The lowest BCUT2D eigenvalue weighted by Crippen LogP contribution is -2.45. The van der Waals surface area contributed by atoms with Crippen LogP contribution in [-0.2, 0) is 23.4 Å². The SMILES string of the molecule is COC(=O)[C@H](C)NP(=O)(OCC1(N=[N+]=[N-])O[C@@H](n2ccc(=O)[nH]c2=O)[C@@H](O)[C@H]1O)Oc1ccccc1. The Morgan fingerprint density at radius 3 is 2.67 bits per heavy atom. The third-order valence-corrected chi connectivity index (χ3v) is 6.68. The Bertz CT molecular complexity index is 1300. The number of benzene rings is 1. The van der Waals surface area contributed by atoms with Gasteiger partial charge in [0.15, 0.2) is 6.23 Å². The summed E-state index contributed by atoms with van der Waals surface area (Å²) in [5.41, 5.74) is 4.99. The molecule has 1 aliphatic heterocycles. The van der Waals surface area contributed by atoms with Crippen molar-refractivity contribution in [1.29, 1.82) is 0 Å². The van der Waals surface area contributed by atoms with Crippen molar-refractivity contribution in [2.75, 3.05) is 13.7 Å². The van der Waals surface area contributed by atoms with Gasteiger partial charge in [0, 0.05) is 17.2 Å². The Hall–Kier alpha value is -3.49. The molecule has 0 amide bonds. The first-order valence-electron chi connectivity index (χ1n) is 10.3. The number of aliphatic hydroxyl groups is 2. The van der Waals surface area contributed by atoms with Gasteiger partial charge in [-0.3, -0.25) is 23.7 Å². The summed E-state index contributed by atoms with van der Waals surface area (Å²) in [5.74, 6) is -0.723. The molecule has 2 heterocycles. The van der Waals surface area contributed by atoms with Gasteiger partial charge in [0.05, 0.1) is 13.7 Å². The van der Waals surface area contributed by atoms with Crippen molar-refractivity contribution >= 4 is 13.7 Å². The van der Waals surface area contributed by atoms with Gasteiger partial charge in [-0.15, -0.1) is 0 Å². The summed E-state index contributed by atoms with van der Waals surface area (Å²) in [6.07, 6.45) is -4.47. The van der Waals surface area contributed by atoms with E-state index in [2.05, 4.69) is 19.9 Å². The molecule has 1 aliphatic rings. The second-order valence-corrected chi connectivity index (χ2v) is 9.24. The number of H-pyrrole nitrogens is 1. The molecule has 36 heavy (non-hydrogen) atoms. The van der Waals surface area contributed by atoms with Gasteiger partial charge in [0.25, 0.3) is 5.56 Å². The zero-order chi connectivity index (χ0) is 26.5. The van der Waals surface area contributed by atoms with Crippen LogP contribution in [0, 0.1) is 0 Å². The number of aromatic nitrogens is 2. The zero-order valence-corrected chi connectivity index (χ0v) is 19.8. The first-order valence-corrected chi connectivity index (χ1v) is 11.8. The van der Waals surface area contributed by atoms with Gasteiger partial charge >= 0.3 is 19.4 Å². The molecule has 6 atom stereocenters. The van der Waals surface area contributed by atoms with E-state index in [9.17, 15) is 29.2 Å². The third kappa shape index (κ3) is 5.83. The first kappa shape index (κ1) is 27.1. The lowest BCUT2D eigenvalue weighted by molar-refractivity contribution is -0.142. The number of hydrogen-bond acceptors (Lipinski definition) is 11. The minimum Gasteiger partial charge on any atom is -0.468 e. The highest BCUT2D eigenvalue weighted by molar-refractivity contribution is 7.52. The minimum atomic E-state index is -4.46. The number of aliphatic hydroxyl groups excluding tert-OH is 2. The van der Waals surface area contributed by atoms with E-state index < -0.39 is 61.8 Å². The zero-order valence-electron chi connectivity index (χ0n) is 19.0. The number of nitrogens with zero attached hydrogens (tertiary/aromatic N) is 4. The van der Waals surface area contributed by atoms with Gasteiger partial charge in [-0.25, -0.2) is 9.36 Å². The van der Waals surface area contributed by atoms with Crippen LogP contribution in [0.25, 0.3) is 10.4 Å². The number of esters is 1. The largest absolute Gasteiger partial charge is 0.468 e. The fourth-order valence-corrected chi connectivity index (χ4v) is 4.80. The van der Waals surface area contributed by atoms with Crippen LogP contribution in [0.5, 0.6) is 5.75 Å². The van der Waals surface area contributed by atoms with E-state index in [-0.39, 0.29) is 5.75 Å². The van der Waals surface area contributed by atoms with Crippen LogP contribution in [0.2, 0.25) is 0 Å². The molecule has 0 radical (unpaired) electrons. The molecule has 3 rings (SSSR count). The highest BCUT2D eigenvalue weighted by Crippen LogP contribution is 2.48. The van der Waals surface area contributed by atoms with Crippen molar-refractivity contribution in [3.8, 4) is 5.75 Å². The smallest absolute Gasteiger partial charge is 0.459 e. The average Bonchev–Trinajstić information content (AvgIpc) is 3.08. The molecular weight excluding hydrogens is 503 g/mol. The first-order chi connectivity index (χ1) is 17.0. The van der Waals surface area contributed by atoms with E-state index in [1.807, 2.05) is 4.98 Å². The molecule has 16 nitrogen and oxygen atoms in total. The predicted octanol–water partition coefficient (Wildman–Crippen LogP) is 0.149. The highest BCUT2D eigenvalue weighted by atomic mass is 31.2. The Morgan fingerprint density at radius 2 is 2.06 bits per heavy atom. The van der Waals surface area contributed by atoms with Gasteiger partial charge in [0.1, 0.15) is 24.0 Å². The van der Waals surface area contributed by atoms with Crippen molar-refractivity contribution in [1.82, 2.24) is 14.6 Å². The highest BCUT2D eigenvalue weighted by Gasteiger charge is 2.56. The Labute approximate surface area is 202 Å². The quantitative estimate of drug-likeness (QED) is 0.107. The molecule has 1 saturated heterocycles. The normalized spacial score (nSPS) is 25.8. The fourth-order valence-electron chi connectivity index (χ4n) is 3.28. The lowest BCUT2D eigenvalue weighted by atomic mass is 10.1. The van der Waals surface area contributed by atoms with Crippen LogP contribution in [0.3, 0.4) is 0 Å². The number of para-hydroxylation sites is 1. The molecule has 0 spiro atoms. The number of hydrogen-bond donors (Lipinski definition) is 4. The summed E-state index contributed by atoms with van der Waals surface area (Å²) in [6.45, 7) is 0.359. The van der Waals surface area contributed by atoms with Crippen LogP contribution >= 0.6 is 7.75 Å². The van der Waals surface area contributed by atoms with E-state index in [0.29, 0.717) is 0 Å². The molecule has 1 aromatic heterocycles. The number of ether oxygens (including phenoxy) is 2. The van der Waals surface area contributed by atoms with Gasteiger partial charge in [0.2, 0.25) is 5.72 Å². The predicted molar refractivity (Wildman–Crippen MR) is 121 cm³/mol. The summed E-state index contributed by atoms with van der Waals surface area (Å²) < 4.78 is 35.3. The van der Waals surface area contributed by atoms with Crippen LogP contribution < -0.4 is 20.9 Å². The third-order valence-electron chi connectivity index (χ3n) is 5.06. The number of azide groups is 1. The van der Waals surface area contributed by atoms with Crippen molar-refractivity contribution in [3.05, 3.63) is 73.9 Å². The van der Waals surface area contributed by atoms with Crippen LogP contribution in [0.15, 0.2) is 57.3 Å². The standard InChI is InChI=1S/C19H23N6O10P/c1-11(17(29)32-2)22-36(31,35-12-6-4-3-5-7-12)33-10-19(23-24-20)15(28)14(27)16(34-19)25-9-8-13(26)21-18(25)30/h3-9,11,14-16,27-28H,10H2,1-2H3,(H,22,31)(H,21,26,30)/t11-,14-,15+,16+,19?,36?/m0/s1. The fraction of sp³-hybridized carbons (Fsp3) is 0.421. The van der Waals surface area contributed by atoms with Crippen LogP contribution in [0.1, 0.15) is 13.2 Å². The van der Waals surface area contributed by atoms with E-state index in [0.717, 1.165) is 23.9 Å². The topological polar surface area (TPSA) is 227 Å². The number of carbonyl (C=O) groups is 1. The van der Waals surface area contributed by atoms with E-state index in [1.54, 1.807) is 18.2 Å². The van der Waals surface area contributed by atoms with Crippen LogP contribution in [0.4, 0.5) is 0 Å². The maximum Gasteiger partial charge on any atom is 0.459 e. The van der Waals surface area contributed by atoms with E-state index in [1.165, 1.54) is 19.1 Å². The van der Waals surface area contributed by atoms with E-state index >= 15 is 0 Å². The second kappa shape index (κ2) is 11.1. The molecule has 2 unspecified atom stereocenters. The van der Waals surface area contributed by atoms with Gasteiger partial charge in [-0.2, -0.15) is 5.09 Å². The monoisotopic (exact) mass is 526 g/mol.